The van der Waals surface area contributed by atoms with Gasteiger partial charge in [0.1, 0.15) is 5.75 Å². The van der Waals surface area contributed by atoms with Crippen LogP contribution in [0.5, 0.6) is 5.75 Å². The number of nitrogens with two attached hydrogens (primary N) is 1. The van der Waals surface area contributed by atoms with E-state index in [0.717, 1.165) is 0 Å². The predicted molar refractivity (Wildman–Crippen MR) is 87.6 cm³/mol. The number of phenolic OH excluding ortho intramolecular Hbond substituents is 1. The van der Waals surface area contributed by atoms with Gasteiger partial charge >= 0.3 is 5.97 Å². The Morgan fingerprint density at radius 1 is 1.00 bits per heavy atom. The normalized spacial score (nSPS) is 8.76. The molecule has 0 amide bonds. The molecule has 0 aromatic heterocycles. The van der Waals surface area contributed by atoms with Gasteiger partial charge in [-0.15, -0.1) is 0 Å². The number of aromatic hydroxyl groups is 1. The van der Waals surface area contributed by atoms with Crippen LogP contribution in [0, 0.1) is 0 Å². The molecule has 0 unspecified atom stereocenters. The molecule has 4 nitrogen and oxygen atoms in total. The highest BCUT2D eigenvalue weighted by Gasteiger charge is 2.09. The molecular weight excluding hydrogens is 266 g/mol. The molecule has 0 aliphatic rings. The lowest BCUT2D eigenvalue weighted by molar-refractivity contribution is 0.0697. The van der Waals surface area contributed by atoms with Gasteiger partial charge in [0, 0.05) is 5.56 Å². The molecule has 114 valence electrons. The number of carbonyl (C=O) groups is 1. The van der Waals surface area contributed by atoms with Crippen LogP contribution in [0.2, 0.25) is 0 Å². The van der Waals surface area contributed by atoms with E-state index < -0.39 is 5.97 Å². The molecule has 0 aliphatic carbocycles. The van der Waals surface area contributed by atoms with Crippen LogP contribution in [0.15, 0.2) is 42.5 Å². The molecule has 0 heterocycles. The summed E-state index contributed by atoms with van der Waals surface area (Å²) < 4.78 is 0. The van der Waals surface area contributed by atoms with Crippen molar-refractivity contribution >= 4 is 11.7 Å². The van der Waals surface area contributed by atoms with E-state index in [9.17, 15) is 9.90 Å². The van der Waals surface area contributed by atoms with E-state index in [1.54, 1.807) is 30.3 Å². The van der Waals surface area contributed by atoms with Gasteiger partial charge in [0.15, 0.2) is 0 Å². The van der Waals surface area contributed by atoms with Crippen LogP contribution in [0.25, 0.3) is 11.1 Å². The molecule has 0 fully saturated rings. The van der Waals surface area contributed by atoms with E-state index in [1.165, 1.54) is 12.1 Å². The molecule has 0 saturated heterocycles. The van der Waals surface area contributed by atoms with Crippen molar-refractivity contribution in [1.29, 1.82) is 0 Å². The van der Waals surface area contributed by atoms with Crippen molar-refractivity contribution in [2.75, 3.05) is 5.73 Å². The van der Waals surface area contributed by atoms with Crippen LogP contribution < -0.4 is 5.73 Å². The van der Waals surface area contributed by atoms with Crippen LogP contribution in [0.4, 0.5) is 5.69 Å². The second-order valence-electron chi connectivity index (χ2n) is 3.63. The first-order chi connectivity index (χ1) is 10.1. The number of para-hydroxylation sites is 1. The summed E-state index contributed by atoms with van der Waals surface area (Å²) in [5.41, 5.74) is 7.17. The monoisotopic (exact) mass is 289 g/mol. The molecule has 2 aromatic rings. The van der Waals surface area contributed by atoms with E-state index in [-0.39, 0.29) is 17.0 Å². The van der Waals surface area contributed by atoms with Gasteiger partial charge in [-0.25, -0.2) is 4.79 Å². The minimum atomic E-state index is -1.00. The van der Waals surface area contributed by atoms with Gasteiger partial charge in [-0.1, -0.05) is 52.0 Å². The summed E-state index contributed by atoms with van der Waals surface area (Å²) in [5, 5.41) is 18.7. The Labute approximate surface area is 125 Å². The number of carboxylic acid groups (broad SMARTS) is 1. The van der Waals surface area contributed by atoms with Gasteiger partial charge in [-0.05, 0) is 23.8 Å². The van der Waals surface area contributed by atoms with Gasteiger partial charge in [0.2, 0.25) is 0 Å². The topological polar surface area (TPSA) is 83.6 Å². The number of nitrogen functional groups attached to an aromatic ring is 1. The molecule has 2 aromatic carbocycles. The average Bonchev–Trinajstić information content (AvgIpc) is 2.54. The second kappa shape index (κ2) is 9.42. The Bertz CT molecular complexity index is 580. The SMILES string of the molecule is CC.CC.Nc1cccc(-c2cccc(C(=O)O)c2)c1O. The third kappa shape index (κ3) is 4.84. The van der Waals surface area contributed by atoms with Crippen LogP contribution in [-0.4, -0.2) is 16.2 Å². The lowest BCUT2D eigenvalue weighted by Crippen LogP contribution is -1.96. The fourth-order valence-electron chi connectivity index (χ4n) is 1.61. The lowest BCUT2D eigenvalue weighted by Gasteiger charge is -2.07. The van der Waals surface area contributed by atoms with Crippen molar-refractivity contribution in [3.63, 3.8) is 0 Å². The van der Waals surface area contributed by atoms with E-state index in [2.05, 4.69) is 0 Å². The second-order valence-corrected chi connectivity index (χ2v) is 3.63. The maximum Gasteiger partial charge on any atom is 0.335 e. The average molecular weight is 289 g/mol. The zero-order valence-corrected chi connectivity index (χ0v) is 12.9. The van der Waals surface area contributed by atoms with E-state index >= 15 is 0 Å². The molecule has 0 bridgehead atoms. The number of phenols is 1. The number of rotatable bonds is 2. The van der Waals surface area contributed by atoms with Crippen LogP contribution in [0.1, 0.15) is 38.1 Å². The third-order valence-electron chi connectivity index (χ3n) is 2.49. The molecule has 21 heavy (non-hydrogen) atoms. The van der Waals surface area contributed by atoms with Crippen LogP contribution in [0.3, 0.4) is 0 Å². The predicted octanol–water partition coefficient (Wildman–Crippen LogP) is 4.39. The van der Waals surface area contributed by atoms with E-state index in [0.29, 0.717) is 11.1 Å². The third-order valence-corrected chi connectivity index (χ3v) is 2.49. The summed E-state index contributed by atoms with van der Waals surface area (Å²) in [4.78, 5) is 10.8. The molecular formula is C17H23NO3. The number of hydrogen-bond donors (Lipinski definition) is 3. The van der Waals surface area contributed by atoms with Gasteiger partial charge in [0.05, 0.1) is 11.3 Å². The molecule has 0 aliphatic heterocycles. The summed E-state index contributed by atoms with van der Waals surface area (Å²) >= 11 is 0. The Kier molecular flexibility index (Phi) is 8.30. The summed E-state index contributed by atoms with van der Waals surface area (Å²) in [7, 11) is 0. The zero-order chi connectivity index (χ0) is 16.4. The molecule has 0 saturated carbocycles. The smallest absolute Gasteiger partial charge is 0.335 e. The van der Waals surface area contributed by atoms with E-state index in [1.807, 2.05) is 27.7 Å². The molecule has 4 heteroatoms. The van der Waals surface area contributed by atoms with Crippen molar-refractivity contribution in [2.24, 2.45) is 0 Å². The Hall–Kier alpha value is -2.49. The van der Waals surface area contributed by atoms with Crippen molar-refractivity contribution in [3.8, 4) is 16.9 Å². The first-order valence-electron chi connectivity index (χ1n) is 7.01. The van der Waals surface area contributed by atoms with Gasteiger partial charge in [-0.3, -0.25) is 0 Å². The molecule has 4 N–H and O–H groups in total. The number of benzene rings is 2. The maximum atomic E-state index is 10.8. The van der Waals surface area contributed by atoms with Crippen LogP contribution >= 0.6 is 0 Å². The van der Waals surface area contributed by atoms with Gasteiger partial charge in [-0.2, -0.15) is 0 Å². The zero-order valence-electron chi connectivity index (χ0n) is 12.9. The highest BCUT2D eigenvalue weighted by atomic mass is 16.4. The molecule has 0 radical (unpaired) electrons. The van der Waals surface area contributed by atoms with E-state index in [4.69, 9.17) is 10.8 Å². The van der Waals surface area contributed by atoms with Crippen molar-refractivity contribution in [3.05, 3.63) is 48.0 Å². The Balaban J connectivity index is 0.000000921. The van der Waals surface area contributed by atoms with Gasteiger partial charge < -0.3 is 15.9 Å². The van der Waals surface area contributed by atoms with Crippen LogP contribution in [-0.2, 0) is 0 Å². The summed E-state index contributed by atoms with van der Waals surface area (Å²) in [5.74, 6) is -1.04. The number of carboxylic acids is 1. The quantitative estimate of drug-likeness (QED) is 0.565. The highest BCUT2D eigenvalue weighted by molar-refractivity contribution is 5.90. The minimum Gasteiger partial charge on any atom is -0.505 e. The Morgan fingerprint density at radius 3 is 2.14 bits per heavy atom. The standard InChI is InChI=1S/C13H11NO3.2C2H6/c14-11-6-2-5-10(12(11)15)8-3-1-4-9(7-8)13(16)17;2*1-2/h1-7,15H,14H2,(H,16,17);2*1-2H3. The molecule has 0 spiro atoms. The van der Waals surface area contributed by atoms with Gasteiger partial charge in [0.25, 0.3) is 0 Å². The van der Waals surface area contributed by atoms with Crippen molar-refractivity contribution in [1.82, 2.24) is 0 Å². The minimum absolute atomic E-state index is 0.0324. The largest absolute Gasteiger partial charge is 0.505 e. The number of hydrogen-bond acceptors (Lipinski definition) is 3. The Morgan fingerprint density at radius 2 is 1.57 bits per heavy atom. The fourth-order valence-corrected chi connectivity index (χ4v) is 1.61. The molecule has 2 rings (SSSR count). The fraction of sp³-hybridized carbons (Fsp3) is 0.235. The first-order valence-corrected chi connectivity index (χ1v) is 7.01. The lowest BCUT2D eigenvalue weighted by atomic mass is 10.0. The number of aromatic carboxylic acids is 1. The summed E-state index contributed by atoms with van der Waals surface area (Å²) in [6, 6.07) is 11.3. The van der Waals surface area contributed by atoms with Crippen molar-refractivity contribution < 1.29 is 15.0 Å². The maximum absolute atomic E-state index is 10.8. The number of anilines is 1. The molecule has 0 atom stereocenters. The highest BCUT2D eigenvalue weighted by Crippen LogP contribution is 2.33. The first kappa shape index (κ1) is 18.5. The summed E-state index contributed by atoms with van der Waals surface area (Å²) in [6.07, 6.45) is 0. The summed E-state index contributed by atoms with van der Waals surface area (Å²) in [6.45, 7) is 8.00. The van der Waals surface area contributed by atoms with Crippen molar-refractivity contribution in [2.45, 2.75) is 27.7 Å².